The van der Waals surface area contributed by atoms with Crippen LogP contribution in [0.2, 0.25) is 0 Å². The van der Waals surface area contributed by atoms with Crippen molar-refractivity contribution in [2.75, 3.05) is 0 Å². The van der Waals surface area contributed by atoms with E-state index in [2.05, 4.69) is 28.8 Å². The number of carbonyl (C=O) groups is 2. The van der Waals surface area contributed by atoms with Gasteiger partial charge in [0.2, 0.25) is 11.8 Å². The first-order valence-corrected chi connectivity index (χ1v) is 7.22. The van der Waals surface area contributed by atoms with E-state index in [0.29, 0.717) is 12.8 Å². The molecule has 0 saturated carbocycles. The monoisotopic (exact) mass is 282 g/mol. The SMILES string of the molecule is C[C@H](NC(=O)[C@@H]1CCC(=O)N1)c1cccc2ccccc12. The summed E-state index contributed by atoms with van der Waals surface area (Å²) in [5.41, 5.74) is 1.09. The van der Waals surface area contributed by atoms with E-state index in [-0.39, 0.29) is 17.9 Å². The van der Waals surface area contributed by atoms with Crippen molar-refractivity contribution in [3.8, 4) is 0 Å². The number of nitrogens with one attached hydrogen (secondary N) is 2. The van der Waals surface area contributed by atoms with E-state index in [1.807, 2.05) is 31.2 Å². The zero-order valence-electron chi connectivity index (χ0n) is 11.9. The third-order valence-electron chi connectivity index (χ3n) is 3.96. The summed E-state index contributed by atoms with van der Waals surface area (Å²) in [4.78, 5) is 23.4. The molecule has 0 unspecified atom stereocenters. The molecule has 0 aliphatic carbocycles. The average molecular weight is 282 g/mol. The number of carbonyl (C=O) groups excluding carboxylic acids is 2. The second-order valence-corrected chi connectivity index (χ2v) is 5.46. The standard InChI is InChI=1S/C17H18N2O2/c1-11(18-17(21)15-9-10-16(20)19-15)13-8-4-6-12-5-2-3-7-14(12)13/h2-8,11,15H,9-10H2,1H3,(H,18,21)(H,19,20)/t11-,15-/m0/s1. The van der Waals surface area contributed by atoms with Crippen LogP contribution in [0.3, 0.4) is 0 Å². The van der Waals surface area contributed by atoms with E-state index in [1.54, 1.807) is 0 Å². The zero-order valence-corrected chi connectivity index (χ0v) is 11.9. The second kappa shape index (κ2) is 5.56. The fourth-order valence-corrected chi connectivity index (χ4v) is 2.83. The van der Waals surface area contributed by atoms with Gasteiger partial charge < -0.3 is 10.6 Å². The molecule has 0 radical (unpaired) electrons. The summed E-state index contributed by atoms with van der Waals surface area (Å²) in [7, 11) is 0. The smallest absolute Gasteiger partial charge is 0.243 e. The van der Waals surface area contributed by atoms with Gasteiger partial charge in [-0.15, -0.1) is 0 Å². The predicted octanol–water partition coefficient (Wildman–Crippen LogP) is 2.30. The Morgan fingerprint density at radius 3 is 2.76 bits per heavy atom. The molecule has 1 saturated heterocycles. The van der Waals surface area contributed by atoms with Gasteiger partial charge in [-0.2, -0.15) is 0 Å². The highest BCUT2D eigenvalue weighted by molar-refractivity contribution is 5.91. The van der Waals surface area contributed by atoms with E-state index in [0.717, 1.165) is 16.3 Å². The van der Waals surface area contributed by atoms with Crippen molar-refractivity contribution in [3.05, 3.63) is 48.0 Å². The molecule has 2 amide bonds. The molecule has 3 rings (SSSR count). The molecule has 2 aromatic rings. The van der Waals surface area contributed by atoms with Crippen LogP contribution in [0.4, 0.5) is 0 Å². The minimum Gasteiger partial charge on any atom is -0.348 e. The largest absolute Gasteiger partial charge is 0.348 e. The van der Waals surface area contributed by atoms with Crippen LogP contribution in [-0.4, -0.2) is 17.9 Å². The van der Waals surface area contributed by atoms with Crippen molar-refractivity contribution < 1.29 is 9.59 Å². The topological polar surface area (TPSA) is 58.2 Å². The Balaban J connectivity index is 1.79. The summed E-state index contributed by atoms with van der Waals surface area (Å²) in [5, 5.41) is 7.99. The van der Waals surface area contributed by atoms with Crippen LogP contribution in [0.25, 0.3) is 10.8 Å². The summed E-state index contributed by atoms with van der Waals surface area (Å²) in [6.07, 6.45) is 1.01. The first kappa shape index (κ1) is 13.6. The van der Waals surface area contributed by atoms with Gasteiger partial charge in [0.15, 0.2) is 0 Å². The van der Waals surface area contributed by atoms with Crippen molar-refractivity contribution in [1.29, 1.82) is 0 Å². The fourth-order valence-electron chi connectivity index (χ4n) is 2.83. The molecule has 2 atom stereocenters. The van der Waals surface area contributed by atoms with Crippen LogP contribution in [0.1, 0.15) is 31.4 Å². The van der Waals surface area contributed by atoms with Gasteiger partial charge in [-0.25, -0.2) is 0 Å². The van der Waals surface area contributed by atoms with Crippen LogP contribution in [0.5, 0.6) is 0 Å². The van der Waals surface area contributed by atoms with E-state index in [9.17, 15) is 9.59 Å². The van der Waals surface area contributed by atoms with Gasteiger partial charge in [0.25, 0.3) is 0 Å². The van der Waals surface area contributed by atoms with Crippen LogP contribution in [0.15, 0.2) is 42.5 Å². The fraction of sp³-hybridized carbons (Fsp3) is 0.294. The summed E-state index contributed by atoms with van der Waals surface area (Å²) in [5.74, 6) is -0.158. The van der Waals surface area contributed by atoms with Crippen LogP contribution in [0, 0.1) is 0 Å². The molecule has 1 heterocycles. The van der Waals surface area contributed by atoms with Crippen molar-refractivity contribution in [1.82, 2.24) is 10.6 Å². The number of fused-ring (bicyclic) bond motifs is 1. The second-order valence-electron chi connectivity index (χ2n) is 5.46. The Labute approximate surface area is 123 Å². The molecule has 2 N–H and O–H groups in total. The average Bonchev–Trinajstić information content (AvgIpc) is 2.93. The molecule has 0 spiro atoms. The molecule has 4 nitrogen and oxygen atoms in total. The lowest BCUT2D eigenvalue weighted by molar-refractivity contribution is -0.126. The van der Waals surface area contributed by atoms with Crippen molar-refractivity contribution >= 4 is 22.6 Å². The molecule has 1 aliphatic rings. The van der Waals surface area contributed by atoms with E-state index in [4.69, 9.17) is 0 Å². The molecule has 108 valence electrons. The minimum atomic E-state index is -0.394. The molecular formula is C17H18N2O2. The van der Waals surface area contributed by atoms with Gasteiger partial charge in [-0.05, 0) is 29.7 Å². The first-order valence-electron chi connectivity index (χ1n) is 7.22. The van der Waals surface area contributed by atoms with Crippen LogP contribution < -0.4 is 10.6 Å². The van der Waals surface area contributed by atoms with Crippen molar-refractivity contribution in [2.24, 2.45) is 0 Å². The number of amides is 2. The molecule has 1 aliphatic heterocycles. The quantitative estimate of drug-likeness (QED) is 0.907. The Kier molecular flexibility index (Phi) is 3.60. The normalized spacial score (nSPS) is 19.3. The molecule has 21 heavy (non-hydrogen) atoms. The number of rotatable bonds is 3. The highest BCUT2D eigenvalue weighted by Crippen LogP contribution is 2.24. The van der Waals surface area contributed by atoms with Crippen LogP contribution in [-0.2, 0) is 9.59 Å². The third kappa shape index (κ3) is 2.75. The molecule has 1 fully saturated rings. The number of benzene rings is 2. The van der Waals surface area contributed by atoms with Gasteiger partial charge >= 0.3 is 0 Å². The maximum absolute atomic E-state index is 12.2. The van der Waals surface area contributed by atoms with E-state index in [1.165, 1.54) is 0 Å². The minimum absolute atomic E-state index is 0.0482. The Morgan fingerprint density at radius 1 is 1.24 bits per heavy atom. The van der Waals surface area contributed by atoms with E-state index >= 15 is 0 Å². The highest BCUT2D eigenvalue weighted by atomic mass is 16.2. The lowest BCUT2D eigenvalue weighted by Gasteiger charge is -2.19. The lowest BCUT2D eigenvalue weighted by Crippen LogP contribution is -2.42. The Morgan fingerprint density at radius 2 is 2.00 bits per heavy atom. The molecule has 4 heteroatoms. The summed E-state index contributed by atoms with van der Waals surface area (Å²) in [6, 6.07) is 13.7. The van der Waals surface area contributed by atoms with Crippen molar-refractivity contribution in [3.63, 3.8) is 0 Å². The van der Waals surface area contributed by atoms with Crippen LogP contribution >= 0.6 is 0 Å². The van der Waals surface area contributed by atoms with Crippen molar-refractivity contribution in [2.45, 2.75) is 31.8 Å². The van der Waals surface area contributed by atoms with E-state index < -0.39 is 6.04 Å². The van der Waals surface area contributed by atoms with Gasteiger partial charge in [0.05, 0.1) is 6.04 Å². The first-order chi connectivity index (χ1) is 10.1. The summed E-state index contributed by atoms with van der Waals surface area (Å²) in [6.45, 7) is 1.97. The Hall–Kier alpha value is -2.36. The molecule has 2 aromatic carbocycles. The van der Waals surface area contributed by atoms with Gasteiger partial charge in [0.1, 0.15) is 6.04 Å². The van der Waals surface area contributed by atoms with Gasteiger partial charge in [0, 0.05) is 6.42 Å². The predicted molar refractivity (Wildman–Crippen MR) is 81.7 cm³/mol. The number of hydrogen-bond acceptors (Lipinski definition) is 2. The summed E-state index contributed by atoms with van der Waals surface area (Å²) >= 11 is 0. The Bertz CT molecular complexity index is 691. The van der Waals surface area contributed by atoms with Gasteiger partial charge in [-0.3, -0.25) is 9.59 Å². The summed E-state index contributed by atoms with van der Waals surface area (Å²) < 4.78 is 0. The maximum Gasteiger partial charge on any atom is 0.243 e. The molecule has 0 aromatic heterocycles. The zero-order chi connectivity index (χ0) is 14.8. The van der Waals surface area contributed by atoms with Gasteiger partial charge in [-0.1, -0.05) is 42.5 Å². The molecular weight excluding hydrogens is 264 g/mol. The highest BCUT2D eigenvalue weighted by Gasteiger charge is 2.28. The lowest BCUT2D eigenvalue weighted by atomic mass is 9.99. The maximum atomic E-state index is 12.2. The molecule has 0 bridgehead atoms. The number of hydrogen-bond donors (Lipinski definition) is 2. The third-order valence-corrected chi connectivity index (χ3v) is 3.96.